The Morgan fingerprint density at radius 3 is 2.43 bits per heavy atom. The Morgan fingerprint density at radius 2 is 2.07 bits per heavy atom. The molecule has 0 heterocycles. The molecule has 0 spiro atoms. The van der Waals surface area contributed by atoms with Gasteiger partial charge in [-0.25, -0.2) is 0 Å². The molecule has 14 heavy (non-hydrogen) atoms. The summed E-state index contributed by atoms with van der Waals surface area (Å²) in [4.78, 5) is 11.7. The minimum Gasteiger partial charge on any atom is -0.466 e. The van der Waals surface area contributed by atoms with Crippen LogP contribution in [0.2, 0.25) is 0 Å². The minimum atomic E-state index is -0.681. The first kappa shape index (κ1) is 13.4. The number of nitrogens with two attached hydrogens (primary N) is 1. The molecular weight excluding hydrogens is 182 g/mol. The van der Waals surface area contributed by atoms with Crippen molar-refractivity contribution in [3.05, 3.63) is 0 Å². The Hall–Kier alpha value is -0.610. The molecule has 1 unspecified atom stereocenters. The summed E-state index contributed by atoms with van der Waals surface area (Å²) in [6.07, 6.45) is 1.91. The first-order chi connectivity index (χ1) is 6.66. The summed E-state index contributed by atoms with van der Waals surface area (Å²) in [7, 11) is 0. The summed E-state index contributed by atoms with van der Waals surface area (Å²) >= 11 is 0. The van der Waals surface area contributed by atoms with Crippen LogP contribution in [-0.2, 0) is 9.53 Å². The molecule has 0 radical (unpaired) electrons. The zero-order valence-electron chi connectivity index (χ0n) is 9.08. The second kappa shape index (κ2) is 6.79. The highest BCUT2D eigenvalue weighted by molar-refractivity contribution is 5.77. The Morgan fingerprint density at radius 1 is 1.43 bits per heavy atom. The Kier molecular flexibility index (Phi) is 6.49. The molecule has 0 aliphatic heterocycles. The van der Waals surface area contributed by atoms with E-state index in [-0.39, 0.29) is 19.1 Å². The Bertz CT molecular complexity index is 165. The van der Waals surface area contributed by atoms with Crippen LogP contribution in [0.5, 0.6) is 0 Å². The standard InChI is InChI=1S/C10H21NO3/c1-3-5-10(8-11,6-7-12)9(13)14-4-2/h12H,3-8,11H2,1-2H3. The fraction of sp³-hybridized carbons (Fsp3) is 0.900. The maximum Gasteiger partial charge on any atom is 0.313 e. The number of ether oxygens (including phenoxy) is 1. The number of carbonyl (C=O) groups is 1. The van der Waals surface area contributed by atoms with Gasteiger partial charge in [-0.15, -0.1) is 0 Å². The normalized spacial score (nSPS) is 14.9. The lowest BCUT2D eigenvalue weighted by atomic mass is 9.80. The van der Waals surface area contributed by atoms with Crippen LogP contribution in [0.4, 0.5) is 0 Å². The molecule has 4 nitrogen and oxygen atoms in total. The van der Waals surface area contributed by atoms with Gasteiger partial charge in [-0.2, -0.15) is 0 Å². The average molecular weight is 203 g/mol. The molecule has 1 atom stereocenters. The quantitative estimate of drug-likeness (QED) is 0.597. The number of hydrogen-bond donors (Lipinski definition) is 2. The highest BCUT2D eigenvalue weighted by Gasteiger charge is 2.36. The smallest absolute Gasteiger partial charge is 0.313 e. The van der Waals surface area contributed by atoms with Crippen LogP contribution in [0, 0.1) is 5.41 Å². The maximum atomic E-state index is 11.7. The first-order valence-electron chi connectivity index (χ1n) is 5.15. The zero-order valence-corrected chi connectivity index (χ0v) is 9.08. The molecule has 4 heteroatoms. The molecule has 0 aromatic carbocycles. The van der Waals surface area contributed by atoms with Crippen LogP contribution in [0.3, 0.4) is 0 Å². The van der Waals surface area contributed by atoms with Gasteiger partial charge < -0.3 is 15.6 Å². The highest BCUT2D eigenvalue weighted by Crippen LogP contribution is 2.28. The lowest BCUT2D eigenvalue weighted by molar-refractivity contribution is -0.156. The van der Waals surface area contributed by atoms with Crippen LogP contribution in [0.25, 0.3) is 0 Å². The predicted molar refractivity (Wildman–Crippen MR) is 54.7 cm³/mol. The van der Waals surface area contributed by atoms with Gasteiger partial charge in [0.1, 0.15) is 0 Å². The molecule has 0 aromatic heterocycles. The lowest BCUT2D eigenvalue weighted by Crippen LogP contribution is -2.40. The summed E-state index contributed by atoms with van der Waals surface area (Å²) in [6, 6.07) is 0. The molecular formula is C10H21NO3. The van der Waals surface area contributed by atoms with Gasteiger partial charge in [-0.3, -0.25) is 4.79 Å². The average Bonchev–Trinajstić information content (AvgIpc) is 2.17. The van der Waals surface area contributed by atoms with Gasteiger partial charge in [0.2, 0.25) is 0 Å². The second-order valence-corrected chi connectivity index (χ2v) is 3.43. The summed E-state index contributed by atoms with van der Waals surface area (Å²) in [6.45, 7) is 4.32. The van der Waals surface area contributed by atoms with Crippen molar-refractivity contribution in [1.82, 2.24) is 0 Å². The Balaban J connectivity index is 4.54. The first-order valence-corrected chi connectivity index (χ1v) is 5.15. The maximum absolute atomic E-state index is 11.7. The summed E-state index contributed by atoms with van der Waals surface area (Å²) in [5.74, 6) is -0.279. The molecule has 0 fully saturated rings. The topological polar surface area (TPSA) is 72.5 Å². The van der Waals surface area contributed by atoms with Gasteiger partial charge in [0, 0.05) is 13.2 Å². The summed E-state index contributed by atoms with van der Waals surface area (Å²) in [5, 5.41) is 8.91. The van der Waals surface area contributed by atoms with Crippen molar-refractivity contribution in [2.75, 3.05) is 19.8 Å². The van der Waals surface area contributed by atoms with E-state index in [0.29, 0.717) is 19.4 Å². The van der Waals surface area contributed by atoms with Crippen molar-refractivity contribution in [3.63, 3.8) is 0 Å². The number of carbonyl (C=O) groups excluding carboxylic acids is 1. The molecule has 0 rings (SSSR count). The molecule has 84 valence electrons. The van der Waals surface area contributed by atoms with E-state index in [9.17, 15) is 4.79 Å². The van der Waals surface area contributed by atoms with Gasteiger partial charge in [0.15, 0.2) is 0 Å². The van der Waals surface area contributed by atoms with Gasteiger partial charge in [0.25, 0.3) is 0 Å². The molecule has 3 N–H and O–H groups in total. The number of aliphatic hydroxyl groups excluding tert-OH is 1. The third kappa shape index (κ3) is 3.27. The largest absolute Gasteiger partial charge is 0.466 e. The van der Waals surface area contributed by atoms with Crippen LogP contribution in [0.1, 0.15) is 33.1 Å². The number of aliphatic hydroxyl groups is 1. The molecule has 0 aromatic rings. The summed E-state index contributed by atoms with van der Waals surface area (Å²) < 4.78 is 4.97. The summed E-state index contributed by atoms with van der Waals surface area (Å²) in [5.41, 5.74) is 4.92. The van der Waals surface area contributed by atoms with E-state index in [1.54, 1.807) is 6.92 Å². The fourth-order valence-corrected chi connectivity index (χ4v) is 1.59. The molecule has 0 aliphatic carbocycles. The van der Waals surface area contributed by atoms with E-state index >= 15 is 0 Å². The molecule has 0 aliphatic rings. The molecule has 0 amide bonds. The van der Waals surface area contributed by atoms with Crippen molar-refractivity contribution in [1.29, 1.82) is 0 Å². The second-order valence-electron chi connectivity index (χ2n) is 3.43. The van der Waals surface area contributed by atoms with Crippen LogP contribution < -0.4 is 5.73 Å². The van der Waals surface area contributed by atoms with Crippen molar-refractivity contribution in [2.45, 2.75) is 33.1 Å². The number of hydrogen-bond acceptors (Lipinski definition) is 4. The fourth-order valence-electron chi connectivity index (χ4n) is 1.59. The van der Waals surface area contributed by atoms with E-state index < -0.39 is 5.41 Å². The van der Waals surface area contributed by atoms with E-state index in [1.807, 2.05) is 6.92 Å². The monoisotopic (exact) mass is 203 g/mol. The molecule has 0 saturated heterocycles. The van der Waals surface area contributed by atoms with E-state index in [4.69, 9.17) is 15.6 Å². The van der Waals surface area contributed by atoms with Crippen LogP contribution in [-0.4, -0.2) is 30.8 Å². The lowest BCUT2D eigenvalue weighted by Gasteiger charge is -2.28. The number of rotatable bonds is 7. The van der Waals surface area contributed by atoms with E-state index in [0.717, 1.165) is 6.42 Å². The SMILES string of the molecule is CCCC(CN)(CCO)C(=O)OCC. The van der Waals surface area contributed by atoms with E-state index in [1.165, 1.54) is 0 Å². The predicted octanol–water partition coefficient (Wildman–Crippen LogP) is 0.677. The minimum absolute atomic E-state index is 0.0317. The molecule has 0 bridgehead atoms. The van der Waals surface area contributed by atoms with Crippen molar-refractivity contribution in [2.24, 2.45) is 11.1 Å². The van der Waals surface area contributed by atoms with E-state index in [2.05, 4.69) is 0 Å². The number of esters is 1. The van der Waals surface area contributed by atoms with Gasteiger partial charge >= 0.3 is 5.97 Å². The highest BCUT2D eigenvalue weighted by atomic mass is 16.5. The van der Waals surface area contributed by atoms with Gasteiger partial charge in [-0.1, -0.05) is 13.3 Å². The van der Waals surface area contributed by atoms with Crippen LogP contribution in [0.15, 0.2) is 0 Å². The van der Waals surface area contributed by atoms with Gasteiger partial charge in [0.05, 0.1) is 12.0 Å². The van der Waals surface area contributed by atoms with Crippen molar-refractivity contribution in [3.8, 4) is 0 Å². The zero-order chi connectivity index (χ0) is 11.0. The third-order valence-electron chi connectivity index (χ3n) is 2.42. The molecule has 0 saturated carbocycles. The Labute approximate surface area is 85.4 Å². The van der Waals surface area contributed by atoms with Crippen molar-refractivity contribution < 1.29 is 14.6 Å². The van der Waals surface area contributed by atoms with Crippen LogP contribution >= 0.6 is 0 Å². The van der Waals surface area contributed by atoms with Gasteiger partial charge in [-0.05, 0) is 19.8 Å². The van der Waals surface area contributed by atoms with Crippen molar-refractivity contribution >= 4 is 5.97 Å². The third-order valence-corrected chi connectivity index (χ3v) is 2.42.